The van der Waals surface area contributed by atoms with Crippen LogP contribution in [0.2, 0.25) is 0 Å². The summed E-state index contributed by atoms with van der Waals surface area (Å²) in [5.41, 5.74) is 5.87. The van der Waals surface area contributed by atoms with Crippen LogP contribution in [-0.4, -0.2) is 40.8 Å². The van der Waals surface area contributed by atoms with E-state index in [1.807, 2.05) is 18.2 Å². The number of likely N-dealkylation sites (N-methyl/N-ethyl adjacent to an activating group) is 1. The van der Waals surface area contributed by atoms with Gasteiger partial charge in [0.25, 0.3) is 5.91 Å². The standard InChI is InChI=1S/C23H30N4O2/c1-22(2)10-9-16-19(13-22)25-26-20(16)18-11-14-7-8-15(12-17(14)24-18)27(5)21(28)23(3,4)29-6/h7-8,11-12,24H,9-10,13H2,1-6H3,(H,25,26). The highest BCUT2D eigenvalue weighted by molar-refractivity contribution is 6.00. The lowest BCUT2D eigenvalue weighted by atomic mass is 9.76. The fourth-order valence-corrected chi connectivity index (χ4v) is 4.13. The first-order valence-electron chi connectivity index (χ1n) is 10.1. The van der Waals surface area contributed by atoms with Crippen molar-refractivity contribution >= 4 is 22.5 Å². The molecule has 1 aromatic carbocycles. The lowest BCUT2D eigenvalue weighted by Gasteiger charge is -2.29. The molecule has 1 aliphatic rings. The number of ether oxygens (including phenoxy) is 1. The lowest BCUT2D eigenvalue weighted by Crippen LogP contribution is -2.44. The van der Waals surface area contributed by atoms with E-state index in [1.54, 1.807) is 32.9 Å². The van der Waals surface area contributed by atoms with Gasteiger partial charge in [0.15, 0.2) is 0 Å². The summed E-state index contributed by atoms with van der Waals surface area (Å²) in [7, 11) is 3.33. The number of hydrogen-bond acceptors (Lipinski definition) is 3. The Kier molecular flexibility index (Phi) is 4.57. The molecule has 0 radical (unpaired) electrons. The van der Waals surface area contributed by atoms with Crippen LogP contribution in [0, 0.1) is 5.41 Å². The minimum Gasteiger partial charge on any atom is -0.369 e. The van der Waals surface area contributed by atoms with Gasteiger partial charge in [-0.1, -0.05) is 19.9 Å². The predicted molar refractivity (Wildman–Crippen MR) is 116 cm³/mol. The first-order valence-corrected chi connectivity index (χ1v) is 10.1. The summed E-state index contributed by atoms with van der Waals surface area (Å²) in [6.07, 6.45) is 3.24. The third kappa shape index (κ3) is 3.46. The monoisotopic (exact) mass is 394 g/mol. The van der Waals surface area contributed by atoms with Crippen LogP contribution in [-0.2, 0) is 22.4 Å². The second kappa shape index (κ2) is 6.73. The molecule has 0 bridgehead atoms. The number of H-pyrrole nitrogens is 2. The molecule has 0 fully saturated rings. The van der Waals surface area contributed by atoms with Gasteiger partial charge in [-0.2, -0.15) is 5.10 Å². The maximum atomic E-state index is 12.7. The fourth-order valence-electron chi connectivity index (χ4n) is 4.13. The Morgan fingerprint density at radius 1 is 1.28 bits per heavy atom. The highest BCUT2D eigenvalue weighted by Gasteiger charge is 2.31. The summed E-state index contributed by atoms with van der Waals surface area (Å²) in [6, 6.07) is 8.14. The molecule has 6 nitrogen and oxygen atoms in total. The Balaban J connectivity index is 1.67. The summed E-state index contributed by atoms with van der Waals surface area (Å²) in [4.78, 5) is 17.9. The molecule has 1 amide bonds. The molecule has 0 atom stereocenters. The average molecular weight is 395 g/mol. The van der Waals surface area contributed by atoms with Gasteiger partial charge >= 0.3 is 0 Å². The zero-order valence-corrected chi connectivity index (χ0v) is 18.1. The molecule has 2 N–H and O–H groups in total. The molecule has 0 spiro atoms. The van der Waals surface area contributed by atoms with Crippen molar-refractivity contribution in [2.24, 2.45) is 5.41 Å². The summed E-state index contributed by atoms with van der Waals surface area (Å²) < 4.78 is 5.34. The molecule has 0 saturated carbocycles. The van der Waals surface area contributed by atoms with Gasteiger partial charge in [-0.3, -0.25) is 9.89 Å². The lowest BCUT2D eigenvalue weighted by molar-refractivity contribution is -0.136. The van der Waals surface area contributed by atoms with Crippen molar-refractivity contribution in [3.8, 4) is 11.4 Å². The first kappa shape index (κ1) is 19.7. The Morgan fingerprint density at radius 3 is 2.76 bits per heavy atom. The molecule has 3 aromatic rings. The topological polar surface area (TPSA) is 74.0 Å². The van der Waals surface area contributed by atoms with Gasteiger partial charge in [-0.15, -0.1) is 0 Å². The van der Waals surface area contributed by atoms with Crippen molar-refractivity contribution in [2.75, 3.05) is 19.1 Å². The van der Waals surface area contributed by atoms with Crippen LogP contribution in [0.3, 0.4) is 0 Å². The quantitative estimate of drug-likeness (QED) is 0.686. The smallest absolute Gasteiger partial charge is 0.258 e. The van der Waals surface area contributed by atoms with Gasteiger partial charge < -0.3 is 14.6 Å². The van der Waals surface area contributed by atoms with Gasteiger partial charge in [0.05, 0.1) is 5.69 Å². The Labute approximate surface area is 171 Å². The highest BCUT2D eigenvalue weighted by atomic mass is 16.5. The molecule has 0 unspecified atom stereocenters. The van der Waals surface area contributed by atoms with Gasteiger partial charge in [0.2, 0.25) is 0 Å². The number of aromatic nitrogens is 3. The summed E-state index contributed by atoms with van der Waals surface area (Å²) in [6.45, 7) is 8.17. The average Bonchev–Trinajstić information content (AvgIpc) is 3.28. The molecule has 4 rings (SSSR count). The van der Waals surface area contributed by atoms with Crippen LogP contribution in [0.4, 0.5) is 5.69 Å². The van der Waals surface area contributed by atoms with E-state index in [-0.39, 0.29) is 5.91 Å². The number of nitrogens with zero attached hydrogens (tertiary/aromatic N) is 2. The number of hydrogen-bond donors (Lipinski definition) is 2. The second-order valence-corrected chi connectivity index (χ2v) is 9.40. The van der Waals surface area contributed by atoms with E-state index in [0.717, 1.165) is 40.8 Å². The van der Waals surface area contributed by atoms with Crippen molar-refractivity contribution in [1.29, 1.82) is 0 Å². The molecule has 154 valence electrons. The third-order valence-corrected chi connectivity index (χ3v) is 6.24. The van der Waals surface area contributed by atoms with E-state index >= 15 is 0 Å². The third-order valence-electron chi connectivity index (χ3n) is 6.24. The Hall–Kier alpha value is -2.60. The SMILES string of the molecule is COC(C)(C)C(=O)N(C)c1ccc2cc(-c3n[nH]c4c3CCC(C)(C)C4)[nH]c2c1. The maximum absolute atomic E-state index is 12.7. The van der Waals surface area contributed by atoms with Crippen molar-refractivity contribution in [3.63, 3.8) is 0 Å². The zero-order valence-electron chi connectivity index (χ0n) is 18.1. The summed E-state index contributed by atoms with van der Waals surface area (Å²) in [5.74, 6) is -0.0879. The van der Waals surface area contributed by atoms with E-state index in [2.05, 4.69) is 35.1 Å². The van der Waals surface area contributed by atoms with Crippen LogP contribution in [0.1, 0.15) is 45.4 Å². The maximum Gasteiger partial charge on any atom is 0.258 e. The number of carbonyl (C=O) groups excluding carboxylic acids is 1. The molecule has 2 heterocycles. The molecule has 0 aliphatic heterocycles. The second-order valence-electron chi connectivity index (χ2n) is 9.40. The van der Waals surface area contributed by atoms with Gasteiger partial charge in [-0.25, -0.2) is 0 Å². The van der Waals surface area contributed by atoms with Crippen LogP contribution in [0.15, 0.2) is 24.3 Å². The van der Waals surface area contributed by atoms with Crippen molar-refractivity contribution in [1.82, 2.24) is 15.2 Å². The first-order chi connectivity index (χ1) is 13.6. The molecular weight excluding hydrogens is 364 g/mol. The molecule has 29 heavy (non-hydrogen) atoms. The van der Waals surface area contributed by atoms with Crippen LogP contribution in [0.25, 0.3) is 22.3 Å². The largest absolute Gasteiger partial charge is 0.369 e. The van der Waals surface area contributed by atoms with Gasteiger partial charge in [0.1, 0.15) is 11.3 Å². The molecule has 0 saturated heterocycles. The summed E-state index contributed by atoms with van der Waals surface area (Å²) in [5, 5.41) is 8.98. The van der Waals surface area contributed by atoms with E-state index in [0.29, 0.717) is 5.41 Å². The number of anilines is 1. The predicted octanol–water partition coefficient (Wildman–Crippen LogP) is 4.46. The minimum atomic E-state index is -0.869. The number of amides is 1. The van der Waals surface area contributed by atoms with Crippen LogP contribution in [0.5, 0.6) is 0 Å². The fraction of sp³-hybridized carbons (Fsp3) is 0.478. The van der Waals surface area contributed by atoms with Crippen molar-refractivity contribution < 1.29 is 9.53 Å². The molecule has 6 heteroatoms. The van der Waals surface area contributed by atoms with E-state index < -0.39 is 5.60 Å². The van der Waals surface area contributed by atoms with E-state index in [4.69, 9.17) is 4.74 Å². The molecule has 1 aliphatic carbocycles. The molecule has 2 aromatic heterocycles. The Bertz CT molecular complexity index is 1070. The summed E-state index contributed by atoms with van der Waals surface area (Å²) >= 11 is 0. The van der Waals surface area contributed by atoms with Crippen molar-refractivity contribution in [2.45, 2.75) is 52.6 Å². The normalized spacial score (nSPS) is 16.1. The number of nitrogens with one attached hydrogen (secondary N) is 2. The van der Waals surface area contributed by atoms with Gasteiger partial charge in [0, 0.05) is 42.0 Å². The number of rotatable bonds is 4. The Morgan fingerprint density at radius 2 is 2.03 bits per heavy atom. The number of methoxy groups -OCH3 is 1. The van der Waals surface area contributed by atoms with Gasteiger partial charge in [-0.05, 0) is 56.7 Å². The number of carbonyl (C=O) groups is 1. The van der Waals surface area contributed by atoms with E-state index in [9.17, 15) is 4.79 Å². The zero-order chi connectivity index (χ0) is 21.0. The van der Waals surface area contributed by atoms with Crippen LogP contribution < -0.4 is 4.90 Å². The van der Waals surface area contributed by atoms with Crippen molar-refractivity contribution in [3.05, 3.63) is 35.5 Å². The van der Waals surface area contributed by atoms with E-state index in [1.165, 1.54) is 17.7 Å². The number of fused-ring (bicyclic) bond motifs is 2. The number of aromatic amines is 2. The van der Waals surface area contributed by atoms with Crippen LogP contribution >= 0.6 is 0 Å². The highest BCUT2D eigenvalue weighted by Crippen LogP contribution is 2.38. The molecular formula is C23H30N4O2. The number of benzene rings is 1. The minimum absolute atomic E-state index is 0.0879.